The van der Waals surface area contributed by atoms with Crippen molar-refractivity contribution in [3.8, 4) is 0 Å². The highest BCUT2D eigenvalue weighted by molar-refractivity contribution is 5.51. The van der Waals surface area contributed by atoms with E-state index in [9.17, 15) is 8.78 Å². The SMILES string of the molecule is CC1CCCCC1N(C)c1c(F)cc(CN)cc1F. The summed E-state index contributed by atoms with van der Waals surface area (Å²) in [4.78, 5) is 1.77. The Labute approximate surface area is 113 Å². The average Bonchev–Trinajstić information content (AvgIpc) is 2.38. The van der Waals surface area contributed by atoms with Crippen LogP contribution in [0.3, 0.4) is 0 Å². The summed E-state index contributed by atoms with van der Waals surface area (Å²) in [5, 5.41) is 0. The lowest BCUT2D eigenvalue weighted by Gasteiger charge is -2.38. The minimum atomic E-state index is -0.513. The normalized spacial score (nSPS) is 23.4. The summed E-state index contributed by atoms with van der Waals surface area (Å²) in [6, 6.07) is 2.88. The Morgan fingerprint density at radius 2 is 1.79 bits per heavy atom. The van der Waals surface area contributed by atoms with Crippen LogP contribution in [0.2, 0.25) is 0 Å². The van der Waals surface area contributed by atoms with E-state index in [1.807, 2.05) is 0 Å². The van der Waals surface area contributed by atoms with E-state index in [1.54, 1.807) is 11.9 Å². The molecule has 2 nitrogen and oxygen atoms in total. The predicted molar refractivity (Wildman–Crippen MR) is 74.1 cm³/mol. The Balaban J connectivity index is 2.30. The van der Waals surface area contributed by atoms with E-state index in [-0.39, 0.29) is 18.3 Å². The van der Waals surface area contributed by atoms with Gasteiger partial charge in [-0.15, -0.1) is 0 Å². The van der Waals surface area contributed by atoms with Crippen molar-refractivity contribution < 1.29 is 8.78 Å². The summed E-state index contributed by atoms with van der Waals surface area (Å²) in [5.41, 5.74) is 6.00. The second kappa shape index (κ2) is 5.87. The molecule has 1 saturated carbocycles. The summed E-state index contributed by atoms with van der Waals surface area (Å²) in [7, 11) is 1.79. The van der Waals surface area contributed by atoms with Crippen LogP contribution in [-0.2, 0) is 6.54 Å². The molecule has 0 aromatic heterocycles. The van der Waals surface area contributed by atoms with Gasteiger partial charge in [-0.2, -0.15) is 0 Å². The topological polar surface area (TPSA) is 29.3 Å². The lowest BCUT2D eigenvalue weighted by atomic mass is 9.85. The van der Waals surface area contributed by atoms with Crippen LogP contribution in [0.5, 0.6) is 0 Å². The minimum Gasteiger partial charge on any atom is -0.367 e. The second-order valence-electron chi connectivity index (χ2n) is 5.55. The molecule has 0 amide bonds. The molecule has 2 unspecified atom stereocenters. The molecule has 19 heavy (non-hydrogen) atoms. The van der Waals surface area contributed by atoms with Crippen molar-refractivity contribution in [2.24, 2.45) is 11.7 Å². The third-order valence-electron chi connectivity index (χ3n) is 4.23. The van der Waals surface area contributed by atoms with Gasteiger partial charge < -0.3 is 10.6 Å². The molecule has 1 aromatic carbocycles. The van der Waals surface area contributed by atoms with Crippen molar-refractivity contribution in [3.63, 3.8) is 0 Å². The van der Waals surface area contributed by atoms with Crippen LogP contribution in [0.1, 0.15) is 38.2 Å². The fraction of sp³-hybridized carbons (Fsp3) is 0.600. The molecule has 0 spiro atoms. The Hall–Kier alpha value is -1.16. The number of nitrogens with zero attached hydrogens (tertiary/aromatic N) is 1. The van der Waals surface area contributed by atoms with Gasteiger partial charge in [0, 0.05) is 19.6 Å². The Kier molecular flexibility index (Phi) is 4.40. The highest BCUT2D eigenvalue weighted by Gasteiger charge is 2.28. The molecule has 0 bridgehead atoms. The smallest absolute Gasteiger partial charge is 0.149 e. The van der Waals surface area contributed by atoms with Crippen LogP contribution in [0.4, 0.5) is 14.5 Å². The molecule has 1 aliphatic carbocycles. The van der Waals surface area contributed by atoms with Gasteiger partial charge in [-0.3, -0.25) is 0 Å². The first-order valence-corrected chi connectivity index (χ1v) is 6.95. The molecule has 4 heteroatoms. The summed E-state index contributed by atoms with van der Waals surface area (Å²) in [5.74, 6) is -0.562. The second-order valence-corrected chi connectivity index (χ2v) is 5.55. The fourth-order valence-electron chi connectivity index (χ4n) is 3.11. The number of rotatable bonds is 3. The highest BCUT2D eigenvalue weighted by atomic mass is 19.1. The third kappa shape index (κ3) is 2.89. The van der Waals surface area contributed by atoms with Crippen LogP contribution in [0.15, 0.2) is 12.1 Å². The number of anilines is 1. The first-order valence-electron chi connectivity index (χ1n) is 6.95. The lowest BCUT2D eigenvalue weighted by molar-refractivity contribution is 0.318. The molecule has 2 atom stereocenters. The standard InChI is InChI=1S/C15H22F2N2/c1-10-5-3-4-6-14(10)19(2)15-12(16)7-11(9-18)8-13(15)17/h7-8,10,14H,3-6,9,18H2,1-2H3. The van der Waals surface area contributed by atoms with E-state index < -0.39 is 11.6 Å². The van der Waals surface area contributed by atoms with Crippen molar-refractivity contribution in [1.82, 2.24) is 0 Å². The van der Waals surface area contributed by atoms with Crippen LogP contribution in [0.25, 0.3) is 0 Å². The zero-order valence-corrected chi connectivity index (χ0v) is 11.6. The first kappa shape index (κ1) is 14.3. The summed E-state index contributed by atoms with van der Waals surface area (Å²) in [6.07, 6.45) is 4.46. The zero-order valence-electron chi connectivity index (χ0n) is 11.6. The molecular formula is C15H22F2N2. The number of hydrogen-bond donors (Lipinski definition) is 1. The molecule has 106 valence electrons. The van der Waals surface area contributed by atoms with Crippen molar-refractivity contribution >= 4 is 5.69 Å². The van der Waals surface area contributed by atoms with Gasteiger partial charge >= 0.3 is 0 Å². The van der Waals surface area contributed by atoms with Gasteiger partial charge in [0.1, 0.15) is 17.3 Å². The van der Waals surface area contributed by atoms with Crippen LogP contribution in [-0.4, -0.2) is 13.1 Å². The monoisotopic (exact) mass is 268 g/mol. The van der Waals surface area contributed by atoms with Crippen molar-refractivity contribution in [2.45, 2.75) is 45.2 Å². The third-order valence-corrected chi connectivity index (χ3v) is 4.23. The van der Waals surface area contributed by atoms with Gasteiger partial charge in [0.2, 0.25) is 0 Å². The Bertz CT molecular complexity index is 425. The maximum absolute atomic E-state index is 14.1. The lowest BCUT2D eigenvalue weighted by Crippen LogP contribution is -2.40. The molecule has 0 radical (unpaired) electrons. The van der Waals surface area contributed by atoms with Crippen LogP contribution >= 0.6 is 0 Å². The largest absolute Gasteiger partial charge is 0.367 e. The zero-order chi connectivity index (χ0) is 14.0. The van der Waals surface area contributed by atoms with E-state index in [4.69, 9.17) is 5.73 Å². The fourth-order valence-corrected chi connectivity index (χ4v) is 3.11. The van der Waals surface area contributed by atoms with Crippen molar-refractivity contribution in [3.05, 3.63) is 29.3 Å². The van der Waals surface area contributed by atoms with E-state index in [0.29, 0.717) is 11.5 Å². The maximum atomic E-state index is 14.1. The van der Waals surface area contributed by atoms with Crippen molar-refractivity contribution in [1.29, 1.82) is 0 Å². The summed E-state index contributed by atoms with van der Waals surface area (Å²) >= 11 is 0. The van der Waals surface area contributed by atoms with Gasteiger partial charge in [-0.1, -0.05) is 19.8 Å². The van der Waals surface area contributed by atoms with Gasteiger partial charge in [0.25, 0.3) is 0 Å². The van der Waals surface area contributed by atoms with E-state index in [2.05, 4.69) is 6.92 Å². The number of hydrogen-bond acceptors (Lipinski definition) is 2. The van der Waals surface area contributed by atoms with Gasteiger partial charge in [-0.05, 0) is 36.5 Å². The predicted octanol–water partition coefficient (Wildman–Crippen LogP) is 3.44. The maximum Gasteiger partial charge on any atom is 0.149 e. The molecule has 1 fully saturated rings. The van der Waals surface area contributed by atoms with Gasteiger partial charge in [0.15, 0.2) is 0 Å². The quantitative estimate of drug-likeness (QED) is 0.910. The van der Waals surface area contributed by atoms with E-state index in [1.165, 1.54) is 18.6 Å². The molecule has 1 aliphatic rings. The first-order chi connectivity index (χ1) is 9.04. The number of nitrogens with two attached hydrogens (primary N) is 1. The molecular weight excluding hydrogens is 246 g/mol. The Morgan fingerprint density at radius 3 is 2.32 bits per heavy atom. The summed E-state index contributed by atoms with van der Waals surface area (Å²) in [6.45, 7) is 2.31. The Morgan fingerprint density at radius 1 is 1.21 bits per heavy atom. The van der Waals surface area contributed by atoms with E-state index in [0.717, 1.165) is 19.3 Å². The van der Waals surface area contributed by atoms with Crippen LogP contribution < -0.4 is 10.6 Å². The minimum absolute atomic E-state index is 0.0796. The highest BCUT2D eigenvalue weighted by Crippen LogP contribution is 2.33. The van der Waals surface area contributed by atoms with Gasteiger partial charge in [0.05, 0.1) is 0 Å². The van der Waals surface area contributed by atoms with Crippen molar-refractivity contribution in [2.75, 3.05) is 11.9 Å². The number of benzene rings is 1. The molecule has 0 heterocycles. The van der Waals surface area contributed by atoms with E-state index >= 15 is 0 Å². The molecule has 1 aromatic rings. The van der Waals surface area contributed by atoms with Gasteiger partial charge in [-0.25, -0.2) is 8.78 Å². The average molecular weight is 268 g/mol. The number of halogens is 2. The molecule has 2 N–H and O–H groups in total. The molecule has 0 saturated heterocycles. The summed E-state index contributed by atoms with van der Waals surface area (Å²) < 4.78 is 28.2. The molecule has 0 aliphatic heterocycles. The molecule has 2 rings (SSSR count). The van der Waals surface area contributed by atoms with Crippen LogP contribution in [0, 0.1) is 17.6 Å².